The molecule has 3 N–H and O–H groups in total. The molecule has 3 nitrogen and oxygen atoms in total. The molecule has 0 aliphatic carbocycles. The zero-order chi connectivity index (χ0) is 12.0. The number of nitrogens with one attached hydrogen (secondary N) is 1. The molecule has 0 aliphatic heterocycles. The summed E-state index contributed by atoms with van der Waals surface area (Å²) in [6, 6.07) is 7.56. The molecule has 0 spiro atoms. The molecule has 1 rings (SSSR count). The predicted octanol–water partition coefficient (Wildman–Crippen LogP) is 2.29. The minimum atomic E-state index is 0.100. The first-order chi connectivity index (χ1) is 7.63. The van der Waals surface area contributed by atoms with E-state index >= 15 is 0 Å². The van der Waals surface area contributed by atoms with E-state index in [1.807, 2.05) is 24.3 Å². The van der Waals surface area contributed by atoms with Crippen molar-refractivity contribution in [1.29, 1.82) is 0 Å². The molecule has 0 heterocycles. The average molecular weight is 220 g/mol. The standard InChI is InChI=1S/C13H20N2O/c1-10(7-8-14)9-15-13-5-3-12(4-6-13)11(2)16/h3-6,10,15H,7-9,14H2,1-2H3. The molecule has 0 saturated heterocycles. The fraction of sp³-hybridized carbons (Fsp3) is 0.462. The van der Waals surface area contributed by atoms with Crippen LogP contribution in [0.5, 0.6) is 0 Å². The topological polar surface area (TPSA) is 55.1 Å². The Morgan fingerprint density at radius 2 is 2.00 bits per heavy atom. The number of rotatable bonds is 6. The van der Waals surface area contributed by atoms with Crippen LogP contribution in [0.15, 0.2) is 24.3 Å². The summed E-state index contributed by atoms with van der Waals surface area (Å²) in [7, 11) is 0. The van der Waals surface area contributed by atoms with Gasteiger partial charge in [-0.2, -0.15) is 0 Å². The lowest BCUT2D eigenvalue weighted by Crippen LogP contribution is -2.15. The second-order valence-corrected chi connectivity index (χ2v) is 4.20. The molecule has 3 heteroatoms. The van der Waals surface area contributed by atoms with Gasteiger partial charge in [-0.05, 0) is 50.1 Å². The smallest absolute Gasteiger partial charge is 0.159 e. The van der Waals surface area contributed by atoms with Crippen LogP contribution in [0.3, 0.4) is 0 Å². The van der Waals surface area contributed by atoms with Gasteiger partial charge in [0.1, 0.15) is 0 Å². The van der Waals surface area contributed by atoms with Gasteiger partial charge in [0.2, 0.25) is 0 Å². The summed E-state index contributed by atoms with van der Waals surface area (Å²) in [6.45, 7) is 5.39. The molecular formula is C13H20N2O. The van der Waals surface area contributed by atoms with Gasteiger partial charge in [0.25, 0.3) is 0 Å². The molecule has 1 unspecified atom stereocenters. The second kappa shape index (κ2) is 6.28. The zero-order valence-electron chi connectivity index (χ0n) is 9.99. The van der Waals surface area contributed by atoms with E-state index in [2.05, 4.69) is 12.2 Å². The number of ketones is 1. The first kappa shape index (κ1) is 12.7. The summed E-state index contributed by atoms with van der Waals surface area (Å²) >= 11 is 0. The molecule has 0 radical (unpaired) electrons. The van der Waals surface area contributed by atoms with Gasteiger partial charge in [-0.15, -0.1) is 0 Å². The summed E-state index contributed by atoms with van der Waals surface area (Å²) in [5.41, 5.74) is 7.29. The van der Waals surface area contributed by atoms with Crippen LogP contribution < -0.4 is 11.1 Å². The third-order valence-corrected chi connectivity index (χ3v) is 2.61. The van der Waals surface area contributed by atoms with Crippen LogP contribution in [0, 0.1) is 5.92 Å². The molecule has 0 aromatic heterocycles. The maximum absolute atomic E-state index is 11.1. The molecule has 0 fully saturated rings. The van der Waals surface area contributed by atoms with Crippen molar-refractivity contribution >= 4 is 11.5 Å². The Bertz CT molecular complexity index is 332. The van der Waals surface area contributed by atoms with Crippen LogP contribution in [-0.4, -0.2) is 18.9 Å². The molecule has 16 heavy (non-hydrogen) atoms. The van der Waals surface area contributed by atoms with Gasteiger partial charge in [0.15, 0.2) is 5.78 Å². The number of Topliss-reactive ketones (excluding diaryl/α,β-unsaturated/α-hetero) is 1. The van der Waals surface area contributed by atoms with E-state index < -0.39 is 0 Å². The van der Waals surface area contributed by atoms with Crippen LogP contribution in [0.2, 0.25) is 0 Å². The fourth-order valence-electron chi connectivity index (χ4n) is 1.50. The summed E-state index contributed by atoms with van der Waals surface area (Å²) in [5, 5.41) is 3.33. The number of benzene rings is 1. The summed E-state index contributed by atoms with van der Waals surface area (Å²) < 4.78 is 0. The van der Waals surface area contributed by atoms with Gasteiger partial charge in [-0.1, -0.05) is 6.92 Å². The van der Waals surface area contributed by atoms with Crippen molar-refractivity contribution in [2.45, 2.75) is 20.3 Å². The van der Waals surface area contributed by atoms with E-state index in [9.17, 15) is 4.79 Å². The van der Waals surface area contributed by atoms with E-state index in [0.29, 0.717) is 5.92 Å². The largest absolute Gasteiger partial charge is 0.385 e. The van der Waals surface area contributed by atoms with Crippen LogP contribution in [-0.2, 0) is 0 Å². The summed E-state index contributed by atoms with van der Waals surface area (Å²) in [4.78, 5) is 11.1. The highest BCUT2D eigenvalue weighted by Gasteiger charge is 2.01. The van der Waals surface area contributed by atoms with E-state index in [1.54, 1.807) is 6.92 Å². The second-order valence-electron chi connectivity index (χ2n) is 4.20. The maximum atomic E-state index is 11.1. The first-order valence-electron chi connectivity index (χ1n) is 5.68. The van der Waals surface area contributed by atoms with Gasteiger partial charge in [-0.25, -0.2) is 0 Å². The average Bonchev–Trinajstić information content (AvgIpc) is 2.27. The number of carbonyl (C=O) groups is 1. The fourth-order valence-corrected chi connectivity index (χ4v) is 1.50. The molecule has 1 aromatic rings. The molecule has 88 valence electrons. The quantitative estimate of drug-likeness (QED) is 0.723. The van der Waals surface area contributed by atoms with Crippen molar-refractivity contribution in [3.63, 3.8) is 0 Å². The van der Waals surface area contributed by atoms with Crippen molar-refractivity contribution in [3.8, 4) is 0 Å². The molecule has 0 saturated carbocycles. The van der Waals surface area contributed by atoms with Crippen LogP contribution in [0.25, 0.3) is 0 Å². The number of hydrogen-bond acceptors (Lipinski definition) is 3. The maximum Gasteiger partial charge on any atom is 0.159 e. The number of anilines is 1. The predicted molar refractivity (Wildman–Crippen MR) is 67.8 cm³/mol. The Kier molecular flexibility index (Phi) is 4.99. The zero-order valence-corrected chi connectivity index (χ0v) is 9.99. The van der Waals surface area contributed by atoms with E-state index in [1.165, 1.54) is 0 Å². The van der Waals surface area contributed by atoms with Crippen LogP contribution in [0.4, 0.5) is 5.69 Å². The molecule has 1 atom stereocenters. The highest BCUT2D eigenvalue weighted by Crippen LogP contribution is 2.11. The SMILES string of the molecule is CC(=O)c1ccc(NCC(C)CCN)cc1. The van der Waals surface area contributed by atoms with Crippen molar-refractivity contribution < 1.29 is 4.79 Å². The van der Waals surface area contributed by atoms with Gasteiger partial charge < -0.3 is 11.1 Å². The minimum Gasteiger partial charge on any atom is -0.385 e. The van der Waals surface area contributed by atoms with E-state index in [4.69, 9.17) is 5.73 Å². The lowest BCUT2D eigenvalue weighted by atomic mass is 10.1. The highest BCUT2D eigenvalue weighted by molar-refractivity contribution is 5.94. The number of nitrogens with two attached hydrogens (primary N) is 1. The summed E-state index contributed by atoms with van der Waals surface area (Å²) in [5.74, 6) is 0.667. The van der Waals surface area contributed by atoms with Gasteiger partial charge in [0.05, 0.1) is 0 Å². The Hall–Kier alpha value is -1.35. The first-order valence-corrected chi connectivity index (χ1v) is 5.68. The monoisotopic (exact) mass is 220 g/mol. The third kappa shape index (κ3) is 4.03. The molecule has 1 aromatic carbocycles. The lowest BCUT2D eigenvalue weighted by Gasteiger charge is -2.12. The molecular weight excluding hydrogens is 200 g/mol. The number of hydrogen-bond donors (Lipinski definition) is 2. The lowest BCUT2D eigenvalue weighted by molar-refractivity contribution is 0.101. The molecule has 0 amide bonds. The van der Waals surface area contributed by atoms with Crippen LogP contribution >= 0.6 is 0 Å². The van der Waals surface area contributed by atoms with Crippen molar-refractivity contribution in [1.82, 2.24) is 0 Å². The third-order valence-electron chi connectivity index (χ3n) is 2.61. The number of carbonyl (C=O) groups excluding carboxylic acids is 1. The Labute approximate surface area is 97.0 Å². The van der Waals surface area contributed by atoms with Crippen molar-refractivity contribution in [3.05, 3.63) is 29.8 Å². The summed E-state index contributed by atoms with van der Waals surface area (Å²) in [6.07, 6.45) is 1.03. The van der Waals surface area contributed by atoms with Crippen molar-refractivity contribution in [2.75, 3.05) is 18.4 Å². The van der Waals surface area contributed by atoms with Gasteiger partial charge in [0, 0.05) is 17.8 Å². The van der Waals surface area contributed by atoms with E-state index in [0.717, 1.165) is 30.8 Å². The molecule has 0 bridgehead atoms. The minimum absolute atomic E-state index is 0.100. The Balaban J connectivity index is 2.46. The van der Waals surface area contributed by atoms with Gasteiger partial charge in [-0.3, -0.25) is 4.79 Å². The van der Waals surface area contributed by atoms with Gasteiger partial charge >= 0.3 is 0 Å². The van der Waals surface area contributed by atoms with Crippen molar-refractivity contribution in [2.24, 2.45) is 11.7 Å². The Morgan fingerprint density at radius 3 is 2.50 bits per heavy atom. The van der Waals surface area contributed by atoms with E-state index in [-0.39, 0.29) is 5.78 Å². The normalized spacial score (nSPS) is 12.2. The highest BCUT2D eigenvalue weighted by atomic mass is 16.1. The molecule has 0 aliphatic rings. The Morgan fingerprint density at radius 1 is 1.38 bits per heavy atom. The van der Waals surface area contributed by atoms with Crippen LogP contribution in [0.1, 0.15) is 30.6 Å².